The Morgan fingerprint density at radius 3 is 2.37 bits per heavy atom. The van der Waals surface area contributed by atoms with E-state index in [1.165, 1.54) is 7.11 Å². The van der Waals surface area contributed by atoms with Gasteiger partial charge in [-0.15, -0.1) is 0 Å². The van der Waals surface area contributed by atoms with Crippen molar-refractivity contribution in [2.75, 3.05) is 12.8 Å². The minimum atomic E-state index is -1.32. The van der Waals surface area contributed by atoms with Crippen LogP contribution in [0.2, 0.25) is 0 Å². The summed E-state index contributed by atoms with van der Waals surface area (Å²) in [5.74, 6) is -2.18. The molecule has 0 saturated carbocycles. The lowest BCUT2D eigenvalue weighted by Gasteiger charge is -2.20. The van der Waals surface area contributed by atoms with Gasteiger partial charge < -0.3 is 20.3 Å². The maximum absolute atomic E-state index is 11.9. The molecule has 104 valence electrons. The van der Waals surface area contributed by atoms with Crippen molar-refractivity contribution in [3.05, 3.63) is 17.3 Å². The Labute approximate surface area is 110 Å². The number of pyridine rings is 1. The highest BCUT2D eigenvalue weighted by Gasteiger charge is 2.26. The highest BCUT2D eigenvalue weighted by Crippen LogP contribution is 2.23. The number of hydrogen-bond acceptors (Lipinski definition) is 6. The van der Waals surface area contributed by atoms with Gasteiger partial charge in [0.1, 0.15) is 5.60 Å². The summed E-state index contributed by atoms with van der Waals surface area (Å²) in [5.41, 5.74) is 4.17. The van der Waals surface area contributed by atoms with Crippen LogP contribution in [0, 0.1) is 0 Å². The van der Waals surface area contributed by atoms with Crippen LogP contribution in [0.3, 0.4) is 0 Å². The van der Waals surface area contributed by atoms with E-state index in [0.29, 0.717) is 0 Å². The largest absolute Gasteiger partial charge is 0.480 e. The lowest BCUT2D eigenvalue weighted by molar-refractivity contribution is 0.00582. The number of carboxylic acids is 1. The first-order chi connectivity index (χ1) is 8.65. The molecule has 0 unspecified atom stereocenters. The smallest absolute Gasteiger partial charge is 0.358 e. The van der Waals surface area contributed by atoms with Crippen LogP contribution in [-0.2, 0) is 4.74 Å². The number of aromatic carboxylic acids is 1. The second-order valence-corrected chi connectivity index (χ2v) is 4.79. The van der Waals surface area contributed by atoms with Crippen molar-refractivity contribution in [1.29, 1.82) is 0 Å². The third-order valence-corrected chi connectivity index (χ3v) is 2.03. The number of anilines is 1. The molecule has 1 aromatic heterocycles. The van der Waals surface area contributed by atoms with Crippen molar-refractivity contribution in [1.82, 2.24) is 4.98 Å². The number of methoxy groups -OCH3 is 1. The summed E-state index contributed by atoms with van der Waals surface area (Å²) in [6.07, 6.45) is 0. The Morgan fingerprint density at radius 1 is 1.37 bits per heavy atom. The third kappa shape index (κ3) is 3.57. The summed E-state index contributed by atoms with van der Waals surface area (Å²) in [6.45, 7) is 5.00. The van der Waals surface area contributed by atoms with Crippen molar-refractivity contribution in [2.45, 2.75) is 26.4 Å². The first-order valence-corrected chi connectivity index (χ1v) is 5.47. The second kappa shape index (κ2) is 5.13. The lowest BCUT2D eigenvalue weighted by Crippen LogP contribution is -2.26. The summed E-state index contributed by atoms with van der Waals surface area (Å²) in [6, 6.07) is 1.12. The minimum absolute atomic E-state index is 0.0224. The van der Waals surface area contributed by atoms with Crippen molar-refractivity contribution >= 4 is 17.6 Å². The highest BCUT2D eigenvalue weighted by molar-refractivity contribution is 6.02. The Hall–Kier alpha value is -2.31. The normalized spacial score (nSPS) is 10.9. The predicted octanol–water partition coefficient (Wildman–Crippen LogP) is 1.33. The number of hydrogen-bond donors (Lipinski definition) is 2. The predicted molar refractivity (Wildman–Crippen MR) is 67.3 cm³/mol. The van der Waals surface area contributed by atoms with Crippen LogP contribution in [0.25, 0.3) is 0 Å². The van der Waals surface area contributed by atoms with Crippen molar-refractivity contribution in [3.8, 4) is 5.88 Å². The number of nitrogens with two attached hydrogens (primary N) is 1. The molecule has 0 aliphatic heterocycles. The average molecular weight is 268 g/mol. The van der Waals surface area contributed by atoms with E-state index in [2.05, 4.69) is 4.98 Å². The number of rotatable bonds is 3. The van der Waals surface area contributed by atoms with Gasteiger partial charge in [-0.1, -0.05) is 0 Å². The number of carboxylic acid groups (broad SMARTS) is 1. The number of aromatic nitrogens is 1. The number of nitrogens with zero attached hydrogens (tertiary/aromatic N) is 1. The van der Waals surface area contributed by atoms with Crippen molar-refractivity contribution in [3.63, 3.8) is 0 Å². The molecule has 0 atom stereocenters. The zero-order valence-electron chi connectivity index (χ0n) is 11.2. The van der Waals surface area contributed by atoms with E-state index >= 15 is 0 Å². The molecule has 0 saturated heterocycles. The Morgan fingerprint density at radius 2 is 1.95 bits per heavy atom. The van der Waals surface area contributed by atoms with Crippen molar-refractivity contribution < 1.29 is 24.2 Å². The van der Waals surface area contributed by atoms with Crippen LogP contribution in [0.4, 0.5) is 5.69 Å². The number of carbonyl (C=O) groups is 2. The summed E-state index contributed by atoms with van der Waals surface area (Å²) in [4.78, 5) is 26.8. The zero-order chi connectivity index (χ0) is 14.8. The third-order valence-electron chi connectivity index (χ3n) is 2.03. The lowest BCUT2D eigenvalue weighted by atomic mass is 10.1. The molecular formula is C12H16N2O5. The first-order valence-electron chi connectivity index (χ1n) is 5.47. The molecule has 3 N–H and O–H groups in total. The quantitative estimate of drug-likeness (QED) is 0.795. The molecular weight excluding hydrogens is 252 g/mol. The van der Waals surface area contributed by atoms with Crippen LogP contribution in [0.5, 0.6) is 5.88 Å². The molecule has 0 aliphatic carbocycles. The van der Waals surface area contributed by atoms with E-state index < -0.39 is 17.5 Å². The van der Waals surface area contributed by atoms with Gasteiger partial charge >= 0.3 is 11.9 Å². The number of carbonyl (C=O) groups excluding carboxylic acids is 1. The molecule has 0 spiro atoms. The maximum Gasteiger partial charge on any atom is 0.358 e. The molecule has 7 heteroatoms. The zero-order valence-corrected chi connectivity index (χ0v) is 11.2. The van der Waals surface area contributed by atoms with Gasteiger partial charge in [0.25, 0.3) is 0 Å². The molecule has 1 aromatic rings. The summed E-state index contributed by atoms with van der Waals surface area (Å²) < 4.78 is 9.96. The fourth-order valence-electron chi connectivity index (χ4n) is 1.32. The minimum Gasteiger partial charge on any atom is -0.480 e. The first kappa shape index (κ1) is 14.7. The fraction of sp³-hybridized carbons (Fsp3) is 0.417. The van der Waals surface area contributed by atoms with Gasteiger partial charge in [-0.25, -0.2) is 14.6 Å². The van der Waals surface area contributed by atoms with Gasteiger partial charge in [0, 0.05) is 0 Å². The standard InChI is InChI=1S/C12H16N2O5/c1-12(2,3)19-11(17)8-6(10(15)16)5-7(13)9(14-8)18-4/h5H,13H2,1-4H3,(H,15,16). The van der Waals surface area contributed by atoms with Gasteiger partial charge in [-0.05, 0) is 26.8 Å². The van der Waals surface area contributed by atoms with Gasteiger partial charge in [0.2, 0.25) is 5.88 Å². The monoisotopic (exact) mass is 268 g/mol. The maximum atomic E-state index is 11.9. The van der Waals surface area contributed by atoms with Crippen LogP contribution in [0.1, 0.15) is 41.6 Å². The molecule has 19 heavy (non-hydrogen) atoms. The van der Waals surface area contributed by atoms with E-state index in [0.717, 1.165) is 6.07 Å². The van der Waals surface area contributed by atoms with Gasteiger partial charge in [-0.2, -0.15) is 0 Å². The van der Waals surface area contributed by atoms with Gasteiger partial charge in [0.05, 0.1) is 18.4 Å². The van der Waals surface area contributed by atoms with Crippen LogP contribution in [-0.4, -0.2) is 34.7 Å². The second-order valence-electron chi connectivity index (χ2n) is 4.79. The van der Waals surface area contributed by atoms with E-state index in [1.54, 1.807) is 20.8 Å². The summed E-state index contributed by atoms with van der Waals surface area (Å²) in [5, 5.41) is 9.06. The highest BCUT2D eigenvalue weighted by atomic mass is 16.6. The van der Waals surface area contributed by atoms with Crippen molar-refractivity contribution in [2.24, 2.45) is 0 Å². The molecule has 7 nitrogen and oxygen atoms in total. The Balaban J connectivity index is 3.31. The average Bonchev–Trinajstić information content (AvgIpc) is 2.25. The van der Waals surface area contributed by atoms with E-state index in [-0.39, 0.29) is 22.8 Å². The van der Waals surface area contributed by atoms with E-state index in [9.17, 15) is 9.59 Å². The Bertz CT molecular complexity index is 520. The number of nitrogen functional groups attached to an aromatic ring is 1. The van der Waals surface area contributed by atoms with Crippen LogP contribution in [0.15, 0.2) is 6.07 Å². The summed E-state index contributed by atoms with van der Waals surface area (Å²) >= 11 is 0. The Kier molecular flexibility index (Phi) is 3.98. The fourth-order valence-corrected chi connectivity index (χ4v) is 1.32. The molecule has 0 fully saturated rings. The molecule has 0 radical (unpaired) electrons. The van der Waals surface area contributed by atoms with Gasteiger partial charge in [-0.3, -0.25) is 0 Å². The molecule has 1 heterocycles. The van der Waals surface area contributed by atoms with Crippen LogP contribution >= 0.6 is 0 Å². The number of esters is 1. The summed E-state index contributed by atoms with van der Waals surface area (Å²) in [7, 11) is 1.32. The topological polar surface area (TPSA) is 112 Å². The molecule has 1 rings (SSSR count). The SMILES string of the molecule is COc1nc(C(=O)OC(C)(C)C)c(C(=O)O)cc1N. The van der Waals surface area contributed by atoms with Crippen LogP contribution < -0.4 is 10.5 Å². The molecule has 0 amide bonds. The molecule has 0 aromatic carbocycles. The molecule has 0 aliphatic rings. The molecule has 0 bridgehead atoms. The van der Waals surface area contributed by atoms with Gasteiger partial charge in [0.15, 0.2) is 5.69 Å². The number of ether oxygens (including phenoxy) is 2. The van der Waals surface area contributed by atoms with E-state index in [4.69, 9.17) is 20.3 Å². The van der Waals surface area contributed by atoms with E-state index in [1.807, 2.05) is 0 Å².